The summed E-state index contributed by atoms with van der Waals surface area (Å²) in [5, 5.41) is 0.681. The van der Waals surface area contributed by atoms with Gasteiger partial charge in [-0.25, -0.2) is 0 Å². The van der Waals surface area contributed by atoms with Crippen LogP contribution in [0, 0.1) is 6.92 Å². The van der Waals surface area contributed by atoms with E-state index in [2.05, 4.69) is 4.99 Å². The number of thiophene rings is 1. The second-order valence-corrected chi connectivity index (χ2v) is 8.06. The molecule has 0 atom stereocenters. The van der Waals surface area contributed by atoms with Gasteiger partial charge in [0.25, 0.3) is 5.91 Å². The van der Waals surface area contributed by atoms with Crippen LogP contribution in [0.2, 0.25) is 9.36 Å². The Morgan fingerprint density at radius 1 is 1.23 bits per heavy atom. The zero-order chi connectivity index (χ0) is 15.9. The number of hydrogen-bond acceptors (Lipinski definition) is 3. The first-order chi connectivity index (χ1) is 10.5. The summed E-state index contributed by atoms with van der Waals surface area (Å²) in [5.74, 6) is -0.186. The number of hydrogen-bond donors (Lipinski definition) is 0. The normalized spacial score (nSPS) is 12.3. The van der Waals surface area contributed by atoms with Gasteiger partial charge in [-0.05, 0) is 30.7 Å². The van der Waals surface area contributed by atoms with Crippen molar-refractivity contribution in [2.75, 3.05) is 0 Å². The van der Waals surface area contributed by atoms with Gasteiger partial charge in [-0.1, -0.05) is 40.6 Å². The van der Waals surface area contributed by atoms with E-state index in [1.807, 2.05) is 36.7 Å². The number of benzene rings is 1. The number of aromatic nitrogens is 1. The lowest BCUT2D eigenvalue weighted by molar-refractivity contribution is -0.117. The Balaban J connectivity index is 2.02. The molecule has 0 N–H and O–H groups in total. The Morgan fingerprint density at radius 2 is 2.00 bits per heavy atom. The first-order valence-electron chi connectivity index (χ1n) is 6.52. The smallest absolute Gasteiger partial charge is 0.253 e. The molecule has 2 heterocycles. The van der Waals surface area contributed by atoms with Crippen LogP contribution in [-0.2, 0) is 18.3 Å². The van der Waals surface area contributed by atoms with Crippen molar-refractivity contribution in [2.45, 2.75) is 13.3 Å². The summed E-state index contributed by atoms with van der Waals surface area (Å²) in [5.41, 5.74) is 2.13. The number of aryl methyl sites for hydroxylation is 2. The van der Waals surface area contributed by atoms with Crippen LogP contribution < -0.4 is 4.80 Å². The Bertz CT molecular complexity index is 937. The van der Waals surface area contributed by atoms with Gasteiger partial charge in [0.1, 0.15) is 0 Å². The van der Waals surface area contributed by atoms with Gasteiger partial charge in [0.2, 0.25) is 0 Å². The molecule has 0 spiro atoms. The molecule has 114 valence electrons. The monoisotopic (exact) mass is 370 g/mol. The lowest BCUT2D eigenvalue weighted by Gasteiger charge is -2.00. The maximum Gasteiger partial charge on any atom is 0.253 e. The van der Waals surface area contributed by atoms with Gasteiger partial charge < -0.3 is 4.57 Å². The molecule has 3 rings (SSSR count). The number of amides is 1. The predicted octanol–water partition coefficient (Wildman–Crippen LogP) is 4.59. The van der Waals surface area contributed by atoms with Gasteiger partial charge in [-0.3, -0.25) is 4.79 Å². The van der Waals surface area contributed by atoms with Crippen molar-refractivity contribution < 1.29 is 4.79 Å². The lowest BCUT2D eigenvalue weighted by Crippen LogP contribution is -2.14. The molecule has 0 bridgehead atoms. The zero-order valence-corrected chi connectivity index (χ0v) is 15.0. The third-order valence-corrected chi connectivity index (χ3v) is 6.10. The highest BCUT2D eigenvalue weighted by molar-refractivity contribution is 7.17. The standard InChI is InChI=1S/C15H12Cl2N2OS2/c1-8-3-5-10(16)14-13(8)19(2)15(22-14)18-12(20)7-9-4-6-11(17)21-9/h3-6H,7H2,1-2H3. The fourth-order valence-corrected chi connectivity index (χ4v) is 4.72. The van der Waals surface area contributed by atoms with E-state index < -0.39 is 0 Å². The first-order valence-corrected chi connectivity index (χ1v) is 8.91. The highest BCUT2D eigenvalue weighted by atomic mass is 35.5. The summed E-state index contributed by atoms with van der Waals surface area (Å²) < 4.78 is 3.55. The highest BCUT2D eigenvalue weighted by Crippen LogP contribution is 2.28. The Morgan fingerprint density at radius 3 is 2.64 bits per heavy atom. The number of fused-ring (bicyclic) bond motifs is 1. The number of thiazole rings is 1. The van der Waals surface area contributed by atoms with Gasteiger partial charge in [0.15, 0.2) is 4.80 Å². The lowest BCUT2D eigenvalue weighted by atomic mass is 10.2. The van der Waals surface area contributed by atoms with Gasteiger partial charge in [-0.15, -0.1) is 11.3 Å². The van der Waals surface area contributed by atoms with Crippen molar-refractivity contribution in [3.63, 3.8) is 0 Å². The van der Waals surface area contributed by atoms with Crippen molar-refractivity contribution in [1.82, 2.24) is 4.57 Å². The highest BCUT2D eigenvalue weighted by Gasteiger charge is 2.11. The quantitative estimate of drug-likeness (QED) is 0.649. The molecule has 0 aliphatic heterocycles. The van der Waals surface area contributed by atoms with Crippen molar-refractivity contribution >= 4 is 62.0 Å². The van der Waals surface area contributed by atoms with E-state index in [0.29, 0.717) is 14.2 Å². The fraction of sp³-hybridized carbons (Fsp3) is 0.200. The number of halogens is 2. The van der Waals surface area contributed by atoms with Gasteiger partial charge in [-0.2, -0.15) is 4.99 Å². The molecule has 0 saturated carbocycles. The minimum absolute atomic E-state index is 0.186. The number of nitrogens with zero attached hydrogens (tertiary/aromatic N) is 2. The predicted molar refractivity (Wildman–Crippen MR) is 94.1 cm³/mol. The van der Waals surface area contributed by atoms with Gasteiger partial charge in [0, 0.05) is 11.9 Å². The average molecular weight is 371 g/mol. The largest absolute Gasteiger partial charge is 0.319 e. The molecule has 3 aromatic rings. The third-order valence-electron chi connectivity index (χ3n) is 3.28. The van der Waals surface area contributed by atoms with Crippen LogP contribution in [0.15, 0.2) is 29.3 Å². The molecule has 0 fully saturated rings. The Kier molecular flexibility index (Phi) is 4.41. The Hall–Kier alpha value is -1.14. The van der Waals surface area contributed by atoms with Crippen LogP contribution in [0.4, 0.5) is 0 Å². The summed E-state index contributed by atoms with van der Waals surface area (Å²) in [4.78, 5) is 17.9. The van der Waals surface area contributed by atoms with Crippen LogP contribution in [0.5, 0.6) is 0 Å². The summed E-state index contributed by atoms with van der Waals surface area (Å²) in [6.07, 6.45) is 0.262. The summed E-state index contributed by atoms with van der Waals surface area (Å²) in [6, 6.07) is 7.48. The zero-order valence-electron chi connectivity index (χ0n) is 11.9. The number of carbonyl (C=O) groups excluding carboxylic acids is 1. The van der Waals surface area contributed by atoms with E-state index >= 15 is 0 Å². The molecule has 0 unspecified atom stereocenters. The fourth-order valence-electron chi connectivity index (χ4n) is 2.25. The van der Waals surface area contributed by atoms with E-state index in [0.717, 1.165) is 20.7 Å². The number of carbonyl (C=O) groups is 1. The van der Waals surface area contributed by atoms with Crippen LogP contribution in [0.1, 0.15) is 10.4 Å². The SMILES string of the molecule is Cc1ccc(Cl)c2sc(=NC(=O)Cc3ccc(Cl)s3)n(C)c12. The van der Waals surface area contributed by atoms with E-state index in [1.54, 1.807) is 6.07 Å². The average Bonchev–Trinajstić information content (AvgIpc) is 3.00. The van der Waals surface area contributed by atoms with Crippen molar-refractivity contribution in [3.8, 4) is 0 Å². The second-order valence-electron chi connectivity index (χ2n) is 4.87. The number of rotatable bonds is 2. The molecule has 0 saturated heterocycles. The van der Waals surface area contributed by atoms with Gasteiger partial charge >= 0.3 is 0 Å². The van der Waals surface area contributed by atoms with Crippen LogP contribution in [-0.4, -0.2) is 10.5 Å². The van der Waals surface area contributed by atoms with Crippen LogP contribution >= 0.6 is 45.9 Å². The summed E-state index contributed by atoms with van der Waals surface area (Å²) >= 11 is 14.9. The third kappa shape index (κ3) is 2.99. The minimum atomic E-state index is -0.186. The summed E-state index contributed by atoms with van der Waals surface area (Å²) in [6.45, 7) is 2.02. The van der Waals surface area contributed by atoms with E-state index in [-0.39, 0.29) is 12.3 Å². The molecular formula is C15H12Cl2N2OS2. The van der Waals surface area contributed by atoms with Crippen molar-refractivity contribution in [2.24, 2.45) is 12.0 Å². The molecule has 7 heteroatoms. The maximum atomic E-state index is 12.1. The first kappa shape index (κ1) is 15.7. The minimum Gasteiger partial charge on any atom is -0.319 e. The second kappa shape index (κ2) is 6.16. The van der Waals surface area contributed by atoms with E-state index in [1.165, 1.54) is 22.7 Å². The molecular weight excluding hydrogens is 359 g/mol. The molecule has 22 heavy (non-hydrogen) atoms. The molecule has 0 radical (unpaired) electrons. The molecule has 3 nitrogen and oxygen atoms in total. The maximum absolute atomic E-state index is 12.1. The Labute approximate surface area is 145 Å². The molecule has 0 aliphatic rings. The van der Waals surface area contributed by atoms with Crippen LogP contribution in [0.3, 0.4) is 0 Å². The summed E-state index contributed by atoms with van der Waals surface area (Å²) in [7, 11) is 1.90. The van der Waals surface area contributed by atoms with E-state index in [4.69, 9.17) is 23.2 Å². The molecule has 1 amide bonds. The topological polar surface area (TPSA) is 34.4 Å². The van der Waals surface area contributed by atoms with Crippen LogP contribution in [0.25, 0.3) is 10.2 Å². The molecule has 2 aromatic heterocycles. The van der Waals surface area contributed by atoms with Crippen molar-refractivity contribution in [1.29, 1.82) is 0 Å². The van der Waals surface area contributed by atoms with E-state index in [9.17, 15) is 4.79 Å². The molecule has 0 aliphatic carbocycles. The van der Waals surface area contributed by atoms with Crippen molar-refractivity contribution in [3.05, 3.63) is 48.9 Å². The van der Waals surface area contributed by atoms with Gasteiger partial charge in [0.05, 0.1) is 26.0 Å². The molecule has 1 aromatic carbocycles.